The molecule has 0 aromatic heterocycles. The molecular formula is C14H16BrNO2. The van der Waals surface area contributed by atoms with Crippen molar-refractivity contribution < 1.29 is 9.47 Å². The monoisotopic (exact) mass is 309 g/mol. The van der Waals surface area contributed by atoms with Crippen LogP contribution in [0.4, 0.5) is 0 Å². The van der Waals surface area contributed by atoms with Gasteiger partial charge in [0.15, 0.2) is 11.5 Å². The van der Waals surface area contributed by atoms with Gasteiger partial charge in [0, 0.05) is 6.54 Å². The summed E-state index contributed by atoms with van der Waals surface area (Å²) in [6.45, 7) is 3.14. The summed E-state index contributed by atoms with van der Waals surface area (Å²) in [5.74, 6) is 4.33. The van der Waals surface area contributed by atoms with E-state index in [1.807, 2.05) is 12.1 Å². The van der Waals surface area contributed by atoms with Crippen molar-refractivity contribution in [3.8, 4) is 23.8 Å². The van der Waals surface area contributed by atoms with Crippen molar-refractivity contribution in [2.24, 2.45) is 0 Å². The lowest BCUT2D eigenvalue weighted by molar-refractivity contribution is 0.173. The average molecular weight is 310 g/mol. The van der Waals surface area contributed by atoms with E-state index < -0.39 is 0 Å². The van der Waals surface area contributed by atoms with Crippen LogP contribution in [0.3, 0.4) is 0 Å². The molecule has 1 aliphatic heterocycles. The average Bonchev–Trinajstić information content (AvgIpc) is 2.83. The van der Waals surface area contributed by atoms with Crippen LogP contribution >= 0.6 is 15.9 Å². The molecule has 96 valence electrons. The second-order valence-electron chi connectivity index (χ2n) is 4.20. The maximum Gasteiger partial charge on any atom is 0.231 e. The Morgan fingerprint density at radius 3 is 3.06 bits per heavy atom. The number of hydrogen-bond donors (Lipinski definition) is 1. The zero-order valence-corrected chi connectivity index (χ0v) is 11.9. The second-order valence-corrected chi connectivity index (χ2v) is 5.05. The molecule has 0 radical (unpaired) electrons. The highest BCUT2D eigenvalue weighted by Gasteiger charge is 2.18. The van der Waals surface area contributed by atoms with Crippen molar-refractivity contribution in [3.05, 3.63) is 22.2 Å². The summed E-state index contributed by atoms with van der Waals surface area (Å²) in [6.07, 6.45) is 7.54. The smallest absolute Gasteiger partial charge is 0.231 e. The van der Waals surface area contributed by atoms with Gasteiger partial charge in [-0.1, -0.05) is 19.3 Å². The summed E-state index contributed by atoms with van der Waals surface area (Å²) in [4.78, 5) is 0. The first-order chi connectivity index (χ1) is 8.74. The van der Waals surface area contributed by atoms with Crippen LogP contribution in [0.5, 0.6) is 11.5 Å². The van der Waals surface area contributed by atoms with Crippen LogP contribution in [0, 0.1) is 12.3 Å². The van der Waals surface area contributed by atoms with E-state index in [4.69, 9.17) is 15.9 Å². The van der Waals surface area contributed by atoms with Gasteiger partial charge in [-0.25, -0.2) is 0 Å². The van der Waals surface area contributed by atoms with Gasteiger partial charge in [0.2, 0.25) is 6.79 Å². The molecule has 0 amide bonds. The Kier molecular flexibility index (Phi) is 4.51. The standard InChI is InChI=1S/C14H16BrNO2/c1-3-5-11(4-2)16-8-10-6-12(15)14-13(7-10)17-9-18-14/h2,6-7,11,16H,3,5,8-9H2,1H3. The van der Waals surface area contributed by atoms with Gasteiger partial charge in [-0.3, -0.25) is 5.32 Å². The predicted molar refractivity (Wildman–Crippen MR) is 74.6 cm³/mol. The molecule has 1 atom stereocenters. The number of benzene rings is 1. The summed E-state index contributed by atoms with van der Waals surface area (Å²) in [6, 6.07) is 4.14. The molecule has 1 aliphatic rings. The lowest BCUT2D eigenvalue weighted by Gasteiger charge is -2.12. The molecule has 0 bridgehead atoms. The van der Waals surface area contributed by atoms with Crippen molar-refractivity contribution in [2.75, 3.05) is 6.79 Å². The van der Waals surface area contributed by atoms with Crippen LogP contribution in [-0.2, 0) is 6.54 Å². The van der Waals surface area contributed by atoms with E-state index in [1.165, 1.54) is 0 Å². The lowest BCUT2D eigenvalue weighted by atomic mass is 10.1. The van der Waals surface area contributed by atoms with E-state index in [0.717, 1.165) is 40.9 Å². The molecule has 2 rings (SSSR count). The molecule has 1 aromatic rings. The van der Waals surface area contributed by atoms with Gasteiger partial charge in [-0.05, 0) is 40.0 Å². The van der Waals surface area contributed by atoms with Gasteiger partial charge in [0.05, 0.1) is 10.5 Å². The van der Waals surface area contributed by atoms with Crippen LogP contribution in [0.25, 0.3) is 0 Å². The zero-order valence-electron chi connectivity index (χ0n) is 10.3. The van der Waals surface area contributed by atoms with E-state index in [0.29, 0.717) is 0 Å². The quantitative estimate of drug-likeness (QED) is 0.848. The molecule has 0 spiro atoms. The van der Waals surface area contributed by atoms with E-state index in [1.54, 1.807) is 0 Å². The third-order valence-electron chi connectivity index (χ3n) is 2.82. The SMILES string of the molecule is C#CC(CCC)NCc1cc(Br)c2c(c1)OCO2. The fraction of sp³-hybridized carbons (Fsp3) is 0.429. The highest BCUT2D eigenvalue weighted by molar-refractivity contribution is 9.10. The number of terminal acetylenes is 1. The Labute approximate surface area is 116 Å². The number of hydrogen-bond acceptors (Lipinski definition) is 3. The minimum absolute atomic E-state index is 0.124. The van der Waals surface area contributed by atoms with Crippen LogP contribution in [0.2, 0.25) is 0 Å². The van der Waals surface area contributed by atoms with E-state index >= 15 is 0 Å². The fourth-order valence-electron chi connectivity index (χ4n) is 1.90. The molecule has 4 heteroatoms. The third-order valence-corrected chi connectivity index (χ3v) is 3.41. The first kappa shape index (κ1) is 13.3. The minimum atomic E-state index is 0.124. The lowest BCUT2D eigenvalue weighted by Crippen LogP contribution is -2.26. The normalized spacial score (nSPS) is 14.3. The van der Waals surface area contributed by atoms with Gasteiger partial charge >= 0.3 is 0 Å². The Balaban J connectivity index is 2.02. The zero-order chi connectivity index (χ0) is 13.0. The highest BCUT2D eigenvalue weighted by Crippen LogP contribution is 2.39. The van der Waals surface area contributed by atoms with Gasteiger partial charge in [-0.2, -0.15) is 0 Å². The number of halogens is 1. The minimum Gasteiger partial charge on any atom is -0.454 e. The topological polar surface area (TPSA) is 30.5 Å². The van der Waals surface area contributed by atoms with E-state index in [9.17, 15) is 0 Å². The highest BCUT2D eigenvalue weighted by atomic mass is 79.9. The Morgan fingerprint density at radius 1 is 1.50 bits per heavy atom. The van der Waals surface area contributed by atoms with Crippen molar-refractivity contribution in [1.82, 2.24) is 5.32 Å². The summed E-state index contributed by atoms with van der Waals surface area (Å²) >= 11 is 3.48. The van der Waals surface area contributed by atoms with Crippen molar-refractivity contribution >= 4 is 15.9 Å². The molecule has 1 aromatic carbocycles. The molecule has 0 saturated heterocycles. The van der Waals surface area contributed by atoms with Crippen LogP contribution in [-0.4, -0.2) is 12.8 Å². The maximum atomic E-state index is 5.48. The van der Waals surface area contributed by atoms with Gasteiger partial charge in [0.25, 0.3) is 0 Å². The van der Waals surface area contributed by atoms with E-state index in [-0.39, 0.29) is 12.8 Å². The summed E-state index contributed by atoms with van der Waals surface area (Å²) in [5, 5.41) is 3.35. The number of fused-ring (bicyclic) bond motifs is 1. The second kappa shape index (κ2) is 6.12. The van der Waals surface area contributed by atoms with E-state index in [2.05, 4.69) is 34.1 Å². The number of ether oxygens (including phenoxy) is 2. The largest absolute Gasteiger partial charge is 0.454 e. The Morgan fingerprint density at radius 2 is 2.33 bits per heavy atom. The fourth-order valence-corrected chi connectivity index (χ4v) is 2.50. The first-order valence-corrected chi connectivity index (χ1v) is 6.81. The first-order valence-electron chi connectivity index (χ1n) is 6.02. The van der Waals surface area contributed by atoms with Gasteiger partial charge in [-0.15, -0.1) is 6.42 Å². The summed E-state index contributed by atoms with van der Waals surface area (Å²) < 4.78 is 11.6. The summed E-state index contributed by atoms with van der Waals surface area (Å²) in [7, 11) is 0. The Hall–Kier alpha value is -1.18. The Bertz CT molecular complexity index is 468. The molecule has 0 fully saturated rings. The van der Waals surface area contributed by atoms with Crippen molar-refractivity contribution in [2.45, 2.75) is 32.4 Å². The number of rotatable bonds is 5. The van der Waals surface area contributed by atoms with Crippen molar-refractivity contribution in [1.29, 1.82) is 0 Å². The number of nitrogens with one attached hydrogen (secondary N) is 1. The molecular weight excluding hydrogens is 294 g/mol. The van der Waals surface area contributed by atoms with Crippen LogP contribution in [0.1, 0.15) is 25.3 Å². The van der Waals surface area contributed by atoms with Crippen LogP contribution in [0.15, 0.2) is 16.6 Å². The molecule has 18 heavy (non-hydrogen) atoms. The van der Waals surface area contributed by atoms with Crippen molar-refractivity contribution in [3.63, 3.8) is 0 Å². The molecule has 1 N–H and O–H groups in total. The molecule has 1 heterocycles. The summed E-state index contributed by atoms with van der Waals surface area (Å²) in [5.41, 5.74) is 1.13. The van der Waals surface area contributed by atoms with Gasteiger partial charge < -0.3 is 9.47 Å². The molecule has 3 nitrogen and oxygen atoms in total. The van der Waals surface area contributed by atoms with Gasteiger partial charge in [0.1, 0.15) is 0 Å². The molecule has 0 aliphatic carbocycles. The van der Waals surface area contributed by atoms with Crippen LogP contribution < -0.4 is 14.8 Å². The molecule has 0 saturated carbocycles. The third kappa shape index (κ3) is 2.98. The molecule has 1 unspecified atom stereocenters. The maximum absolute atomic E-state index is 5.48. The predicted octanol–water partition coefficient (Wildman–Crippen LogP) is 3.07.